The minimum absolute atomic E-state index is 0.0779. The molecule has 1 unspecified atom stereocenters. The van der Waals surface area contributed by atoms with E-state index in [1.54, 1.807) is 12.1 Å². The van der Waals surface area contributed by atoms with Gasteiger partial charge in [0.05, 0.1) is 5.56 Å². The second-order valence-electron chi connectivity index (χ2n) is 10.3. The monoisotopic (exact) mass is 532 g/mol. The summed E-state index contributed by atoms with van der Waals surface area (Å²) in [5, 5.41) is 2.62. The number of likely N-dealkylation sites (N-methyl/N-ethyl adjacent to an activating group) is 1. The van der Waals surface area contributed by atoms with Gasteiger partial charge in [-0.15, -0.1) is 0 Å². The van der Waals surface area contributed by atoms with Crippen LogP contribution in [0.15, 0.2) is 36.4 Å². The molecule has 8 nitrogen and oxygen atoms in total. The lowest BCUT2D eigenvalue weighted by Gasteiger charge is -2.36. The van der Waals surface area contributed by atoms with Gasteiger partial charge >= 0.3 is 6.18 Å². The lowest BCUT2D eigenvalue weighted by atomic mass is 9.89. The van der Waals surface area contributed by atoms with Gasteiger partial charge in [0, 0.05) is 63.6 Å². The van der Waals surface area contributed by atoms with Crippen LogP contribution in [0.3, 0.4) is 0 Å². The third-order valence-corrected chi connectivity index (χ3v) is 7.47. The molecule has 1 saturated heterocycles. The molecule has 206 valence electrons. The van der Waals surface area contributed by atoms with E-state index < -0.39 is 29.6 Å². The van der Waals surface area contributed by atoms with Crippen LogP contribution in [0.25, 0.3) is 0 Å². The zero-order valence-electron chi connectivity index (χ0n) is 21.7. The van der Waals surface area contributed by atoms with Crippen LogP contribution in [0.2, 0.25) is 0 Å². The number of piperazine rings is 1. The second kappa shape index (κ2) is 11.4. The Kier molecular flexibility index (Phi) is 8.41. The molecule has 2 atom stereocenters. The van der Waals surface area contributed by atoms with Crippen molar-refractivity contribution in [2.75, 3.05) is 51.6 Å². The molecule has 0 radical (unpaired) electrons. The Morgan fingerprint density at radius 1 is 1.11 bits per heavy atom. The minimum Gasteiger partial charge on any atom is -0.368 e. The van der Waals surface area contributed by atoms with E-state index in [-0.39, 0.29) is 30.3 Å². The number of fused-ring (bicyclic) bond motifs is 1. The normalized spacial score (nSPS) is 20.1. The standard InChI is InChI=1S/C27H35F3N6O2/c1-17-14-36(24(13-31)25(32)37)16-20-11-18(4-6-22(17)20)26(38)33-21-5-3-19(23(12-21)27(28,29)30)15-35-9-7-34(2)8-10-35/h3-6,11-12,17,24H,7-10,13-16,31H2,1-2H3,(H2,32,37)(H,33,38)/t17-,24?/m0/s1. The Hall–Kier alpha value is -2.99. The molecule has 2 heterocycles. The Balaban J connectivity index is 1.52. The molecule has 38 heavy (non-hydrogen) atoms. The quantitative estimate of drug-likeness (QED) is 0.506. The van der Waals surface area contributed by atoms with Crippen molar-refractivity contribution in [2.24, 2.45) is 11.5 Å². The number of halogens is 3. The number of hydrogen-bond acceptors (Lipinski definition) is 6. The van der Waals surface area contributed by atoms with Crippen molar-refractivity contribution in [1.29, 1.82) is 0 Å². The predicted octanol–water partition coefficient (Wildman–Crippen LogP) is 2.44. The van der Waals surface area contributed by atoms with Crippen molar-refractivity contribution in [1.82, 2.24) is 14.7 Å². The fourth-order valence-electron chi connectivity index (χ4n) is 5.29. The molecule has 2 aliphatic rings. The summed E-state index contributed by atoms with van der Waals surface area (Å²) in [6, 6.07) is 8.58. The maximum absolute atomic E-state index is 13.9. The van der Waals surface area contributed by atoms with Crippen LogP contribution in [0.5, 0.6) is 0 Å². The maximum Gasteiger partial charge on any atom is 0.416 e. The molecule has 0 saturated carbocycles. The Morgan fingerprint density at radius 3 is 2.45 bits per heavy atom. The number of nitrogens with two attached hydrogens (primary N) is 2. The van der Waals surface area contributed by atoms with Crippen LogP contribution in [-0.4, -0.2) is 78.9 Å². The number of hydrogen-bond donors (Lipinski definition) is 3. The zero-order valence-corrected chi connectivity index (χ0v) is 21.7. The first-order valence-electron chi connectivity index (χ1n) is 12.7. The molecule has 2 aliphatic heterocycles. The largest absolute Gasteiger partial charge is 0.416 e. The van der Waals surface area contributed by atoms with E-state index in [1.165, 1.54) is 12.1 Å². The first kappa shape index (κ1) is 28.0. The number of alkyl halides is 3. The van der Waals surface area contributed by atoms with Gasteiger partial charge in [-0.3, -0.25) is 19.4 Å². The summed E-state index contributed by atoms with van der Waals surface area (Å²) in [5.74, 6) is -0.928. The maximum atomic E-state index is 13.9. The second-order valence-corrected chi connectivity index (χ2v) is 10.3. The summed E-state index contributed by atoms with van der Waals surface area (Å²) in [5.41, 5.74) is 13.0. The molecule has 0 aliphatic carbocycles. The molecule has 2 aromatic rings. The fraction of sp³-hybridized carbons (Fsp3) is 0.481. The van der Waals surface area contributed by atoms with Crippen molar-refractivity contribution in [3.8, 4) is 0 Å². The number of carbonyl (C=O) groups excluding carboxylic acids is 2. The van der Waals surface area contributed by atoms with Gasteiger partial charge in [-0.25, -0.2) is 0 Å². The fourth-order valence-corrected chi connectivity index (χ4v) is 5.29. The van der Waals surface area contributed by atoms with E-state index in [0.29, 0.717) is 31.7 Å². The first-order valence-corrected chi connectivity index (χ1v) is 12.7. The number of rotatable bonds is 7. The van der Waals surface area contributed by atoms with Gasteiger partial charge in [-0.05, 0) is 53.9 Å². The molecule has 2 aromatic carbocycles. The third-order valence-electron chi connectivity index (χ3n) is 7.47. The molecule has 2 amide bonds. The Morgan fingerprint density at radius 2 is 1.82 bits per heavy atom. The number of carbonyl (C=O) groups is 2. The van der Waals surface area contributed by atoms with Gasteiger partial charge < -0.3 is 21.7 Å². The predicted molar refractivity (Wildman–Crippen MR) is 139 cm³/mol. The van der Waals surface area contributed by atoms with E-state index in [2.05, 4.69) is 10.2 Å². The summed E-state index contributed by atoms with van der Waals surface area (Å²) in [7, 11) is 1.99. The summed E-state index contributed by atoms with van der Waals surface area (Å²) >= 11 is 0. The minimum atomic E-state index is -4.55. The van der Waals surface area contributed by atoms with Gasteiger partial charge in [0.15, 0.2) is 0 Å². The SMILES string of the molecule is C[C@H]1CN(C(CN)C(N)=O)Cc2cc(C(=O)Nc3ccc(CN4CCN(C)CC4)c(C(F)(F)F)c3)ccc21. The van der Waals surface area contributed by atoms with Crippen LogP contribution >= 0.6 is 0 Å². The van der Waals surface area contributed by atoms with E-state index >= 15 is 0 Å². The molecule has 0 spiro atoms. The number of anilines is 1. The number of nitrogens with zero attached hydrogens (tertiary/aromatic N) is 3. The van der Waals surface area contributed by atoms with Crippen LogP contribution in [0.1, 0.15) is 45.5 Å². The molecular formula is C27H35F3N6O2. The smallest absolute Gasteiger partial charge is 0.368 e. The van der Waals surface area contributed by atoms with Gasteiger partial charge in [0.25, 0.3) is 5.91 Å². The molecule has 11 heteroatoms. The first-order chi connectivity index (χ1) is 18.0. The number of benzene rings is 2. The van der Waals surface area contributed by atoms with Crippen molar-refractivity contribution < 1.29 is 22.8 Å². The highest BCUT2D eigenvalue weighted by atomic mass is 19.4. The van der Waals surface area contributed by atoms with E-state index in [0.717, 1.165) is 30.3 Å². The number of nitrogens with one attached hydrogen (secondary N) is 1. The summed E-state index contributed by atoms with van der Waals surface area (Å²) in [4.78, 5) is 30.9. The summed E-state index contributed by atoms with van der Waals surface area (Å²) < 4.78 is 41.8. The molecule has 4 rings (SSSR count). The van der Waals surface area contributed by atoms with Crippen LogP contribution < -0.4 is 16.8 Å². The van der Waals surface area contributed by atoms with Crippen molar-refractivity contribution in [2.45, 2.75) is 38.1 Å². The number of primary amides is 1. The van der Waals surface area contributed by atoms with E-state index in [1.807, 2.05) is 29.8 Å². The average Bonchev–Trinajstić information content (AvgIpc) is 2.85. The Labute approximate surface area is 220 Å². The van der Waals surface area contributed by atoms with Crippen LogP contribution in [0.4, 0.5) is 18.9 Å². The molecule has 1 fully saturated rings. The third kappa shape index (κ3) is 6.35. The van der Waals surface area contributed by atoms with Gasteiger partial charge in [-0.2, -0.15) is 13.2 Å². The van der Waals surface area contributed by atoms with Gasteiger partial charge in [-0.1, -0.05) is 19.1 Å². The van der Waals surface area contributed by atoms with E-state index in [4.69, 9.17) is 11.5 Å². The topological polar surface area (TPSA) is 108 Å². The summed E-state index contributed by atoms with van der Waals surface area (Å²) in [6.07, 6.45) is -4.55. The molecular weight excluding hydrogens is 497 g/mol. The van der Waals surface area contributed by atoms with Crippen molar-refractivity contribution >= 4 is 17.5 Å². The molecule has 5 N–H and O–H groups in total. The number of amides is 2. The van der Waals surface area contributed by atoms with Gasteiger partial charge in [0.1, 0.15) is 6.04 Å². The highest BCUT2D eigenvalue weighted by molar-refractivity contribution is 6.04. The van der Waals surface area contributed by atoms with Crippen molar-refractivity contribution in [3.63, 3.8) is 0 Å². The highest BCUT2D eigenvalue weighted by Gasteiger charge is 2.34. The summed E-state index contributed by atoms with van der Waals surface area (Å²) in [6.45, 7) is 6.31. The lowest BCUT2D eigenvalue weighted by molar-refractivity contribution is -0.138. The molecule has 0 aromatic heterocycles. The van der Waals surface area contributed by atoms with Gasteiger partial charge in [0.2, 0.25) is 5.91 Å². The average molecular weight is 533 g/mol. The van der Waals surface area contributed by atoms with Crippen molar-refractivity contribution in [3.05, 3.63) is 64.2 Å². The zero-order chi connectivity index (χ0) is 27.6. The van der Waals surface area contributed by atoms with Crippen LogP contribution in [0, 0.1) is 0 Å². The molecule has 0 bridgehead atoms. The lowest BCUT2D eigenvalue weighted by Crippen LogP contribution is -2.51. The Bertz CT molecular complexity index is 1180. The highest BCUT2D eigenvalue weighted by Crippen LogP contribution is 2.35. The van der Waals surface area contributed by atoms with Crippen LogP contribution in [-0.2, 0) is 24.1 Å². The van der Waals surface area contributed by atoms with E-state index in [9.17, 15) is 22.8 Å².